The quantitative estimate of drug-likeness (QED) is 0.119. The lowest BCUT2D eigenvalue weighted by Gasteiger charge is -2.38. The number of rotatable bonds is 13. The third kappa shape index (κ3) is 11.0. The molecule has 4 aliphatic heterocycles. The molecule has 8 rings (SSSR count). The Morgan fingerprint density at radius 2 is 1.79 bits per heavy atom. The van der Waals surface area contributed by atoms with Crippen LogP contribution in [0, 0.1) is 16.7 Å². The summed E-state index contributed by atoms with van der Waals surface area (Å²) in [7, 11) is 4.81. The number of methoxy groups -OCH3 is 1. The van der Waals surface area contributed by atoms with Crippen LogP contribution in [0.3, 0.4) is 0 Å². The Kier molecular flexibility index (Phi) is 15.0. The van der Waals surface area contributed by atoms with Crippen molar-refractivity contribution in [3.63, 3.8) is 0 Å². The Balaban J connectivity index is 1.13. The zero-order valence-corrected chi connectivity index (χ0v) is 43.0. The van der Waals surface area contributed by atoms with Crippen LogP contribution in [0.5, 0.6) is 5.75 Å². The number of hydrogen-bond donors (Lipinski definition) is 3. The molecular formula is C54H72N8O9. The molecule has 6 heterocycles. The smallest absolute Gasteiger partial charge is 0.324 e. The van der Waals surface area contributed by atoms with Crippen LogP contribution < -0.4 is 10.7 Å². The minimum absolute atomic E-state index is 0.0187. The van der Waals surface area contributed by atoms with Crippen LogP contribution in [0.2, 0.25) is 0 Å². The van der Waals surface area contributed by atoms with E-state index >= 15 is 0 Å². The number of likely N-dealkylation sites (N-methyl/N-ethyl adjacent to an activating group) is 2. The van der Waals surface area contributed by atoms with Crippen LogP contribution in [0.4, 0.5) is 0 Å². The Morgan fingerprint density at radius 1 is 1.03 bits per heavy atom. The van der Waals surface area contributed by atoms with Crippen LogP contribution in [-0.4, -0.2) is 155 Å². The second-order valence-corrected chi connectivity index (χ2v) is 21.7. The summed E-state index contributed by atoms with van der Waals surface area (Å²) in [4.78, 5) is 80.3. The fraction of sp³-hybridized carbons (Fsp3) is 0.556. The number of amides is 4. The van der Waals surface area contributed by atoms with E-state index in [9.17, 15) is 29.1 Å². The van der Waals surface area contributed by atoms with Gasteiger partial charge in [-0.1, -0.05) is 46.8 Å². The van der Waals surface area contributed by atoms with Crippen LogP contribution in [0.1, 0.15) is 84.2 Å². The Bertz CT molecular complexity index is 2680. The number of nitrogens with zero attached hydrogens (tertiary/aromatic N) is 6. The fourth-order valence-electron chi connectivity index (χ4n) is 10.7. The number of hydrogen-bond acceptors (Lipinski definition) is 12. The number of phenols is 1. The maximum atomic E-state index is 14.8. The third-order valence-corrected chi connectivity index (χ3v) is 14.6. The molecule has 1 unspecified atom stereocenters. The summed E-state index contributed by atoms with van der Waals surface area (Å²) in [5, 5.41) is 16.7. The van der Waals surface area contributed by atoms with Gasteiger partial charge in [0.1, 0.15) is 29.9 Å². The molecule has 17 nitrogen and oxygen atoms in total. The van der Waals surface area contributed by atoms with Gasteiger partial charge >= 0.3 is 5.97 Å². The standard InChI is InChI=1S/C54H72N8O9/c1-11-61-43-17-16-35-24-39(43)40(48(61)38-14-12-18-55-46(38)33(4)69-10)25-53(5,6)29-71-52(68)41-15-13-19-62(57-41)50(66)42(22-34-20-36(35)23-37(63)21-34)56-49(65)47(32(2)3)59(9)45(64)27-58(8)51(67)44-26-60(44)28-54(7)30-70-31-54/h12,14,16-18,20-21,23-24,32-33,41-42,44,47,57,63H,11,13,15,19,22,25-31H2,1-10H3,(H,56,65)/t33-,41-,42-,44-,47-,60?/m0/s1. The topological polar surface area (TPSA) is 188 Å². The minimum Gasteiger partial charge on any atom is -0.508 e. The van der Waals surface area contributed by atoms with Crippen LogP contribution in [0.15, 0.2) is 54.7 Å². The van der Waals surface area contributed by atoms with Gasteiger partial charge in [0, 0.05) is 87.3 Å². The molecule has 0 aliphatic carbocycles. The second-order valence-electron chi connectivity index (χ2n) is 21.7. The minimum atomic E-state index is -1.19. The van der Waals surface area contributed by atoms with Gasteiger partial charge in [-0.3, -0.25) is 38.9 Å². The van der Waals surface area contributed by atoms with Gasteiger partial charge in [0.2, 0.25) is 17.7 Å². The van der Waals surface area contributed by atoms with E-state index in [0.29, 0.717) is 56.7 Å². The van der Waals surface area contributed by atoms with Crippen LogP contribution in [0.25, 0.3) is 33.3 Å². The molecule has 4 amide bonds. The summed E-state index contributed by atoms with van der Waals surface area (Å²) >= 11 is 0. The van der Waals surface area contributed by atoms with Gasteiger partial charge in [-0.2, -0.15) is 0 Å². The number of fused-ring (bicyclic) bond motifs is 6. The summed E-state index contributed by atoms with van der Waals surface area (Å²) in [5.41, 5.74) is 9.51. The number of carbonyl (C=O) groups is 5. The molecule has 382 valence electrons. The van der Waals surface area contributed by atoms with E-state index in [1.54, 1.807) is 32.5 Å². The largest absolute Gasteiger partial charge is 0.508 e. The first-order chi connectivity index (χ1) is 33.7. The molecule has 3 fully saturated rings. The Hall–Kier alpha value is -5.88. The number of ether oxygens (including phenoxy) is 3. The molecule has 2 aromatic heterocycles. The van der Waals surface area contributed by atoms with Crippen LogP contribution >= 0.6 is 0 Å². The molecule has 4 aliphatic rings. The number of hydrazine groups is 1. The molecular weight excluding hydrogens is 905 g/mol. The van der Waals surface area contributed by atoms with Crippen molar-refractivity contribution in [2.75, 3.05) is 67.2 Å². The number of aromatic nitrogens is 2. The Morgan fingerprint density at radius 3 is 2.48 bits per heavy atom. The fourth-order valence-corrected chi connectivity index (χ4v) is 10.7. The summed E-state index contributed by atoms with van der Waals surface area (Å²) < 4.78 is 19.6. The van der Waals surface area contributed by atoms with Crippen molar-refractivity contribution in [2.24, 2.45) is 16.7 Å². The first-order valence-corrected chi connectivity index (χ1v) is 25.0. The third-order valence-electron chi connectivity index (χ3n) is 14.6. The normalized spacial score (nSPS) is 22.7. The number of phenolic OH excluding ortho intramolecular Hbond substituents is 1. The van der Waals surface area contributed by atoms with Gasteiger partial charge < -0.3 is 39.0 Å². The van der Waals surface area contributed by atoms with Crippen molar-refractivity contribution in [1.29, 1.82) is 0 Å². The van der Waals surface area contributed by atoms with E-state index in [4.69, 9.17) is 19.2 Å². The number of carbonyl (C=O) groups excluding carboxylic acids is 5. The summed E-state index contributed by atoms with van der Waals surface area (Å²) in [6, 6.07) is 12.1. The SMILES string of the molecule is CCn1c(-c2cccnc2[C@H](C)OC)c2c3cc(ccc31)-c1cc(O)cc(c1)C[C@H](NC(=O)[C@H](C(C)C)N(C)C(=O)CN(C)C(=O)[C@@H]1CN1CC1(C)COC1)C(=O)N1CCC[C@H](N1)C(=O)OCC(C)(C)C2. The van der Waals surface area contributed by atoms with Gasteiger partial charge in [0.15, 0.2) is 0 Å². The van der Waals surface area contributed by atoms with Crippen molar-refractivity contribution in [3.8, 4) is 28.1 Å². The predicted octanol–water partition coefficient (Wildman–Crippen LogP) is 5.11. The number of aromatic hydroxyl groups is 1. The molecule has 3 N–H and O–H groups in total. The van der Waals surface area contributed by atoms with Crippen molar-refractivity contribution < 1.29 is 43.3 Å². The van der Waals surface area contributed by atoms with E-state index in [-0.39, 0.29) is 61.3 Å². The molecule has 4 aromatic rings. The number of esters is 1. The zero-order valence-electron chi connectivity index (χ0n) is 43.0. The molecule has 2 aromatic carbocycles. The molecule has 0 radical (unpaired) electrons. The maximum absolute atomic E-state index is 14.8. The lowest BCUT2D eigenvalue weighted by Crippen LogP contribution is -2.62. The molecule has 71 heavy (non-hydrogen) atoms. The van der Waals surface area contributed by atoms with E-state index in [0.717, 1.165) is 45.5 Å². The maximum Gasteiger partial charge on any atom is 0.324 e. The van der Waals surface area contributed by atoms with E-state index in [1.165, 1.54) is 21.9 Å². The van der Waals surface area contributed by atoms with Crippen LogP contribution in [-0.2, 0) is 57.6 Å². The number of aryl methyl sites for hydroxylation is 1. The summed E-state index contributed by atoms with van der Waals surface area (Å²) in [5.74, 6) is -2.53. The second kappa shape index (κ2) is 20.7. The summed E-state index contributed by atoms with van der Waals surface area (Å²) in [6.45, 7) is 17.5. The summed E-state index contributed by atoms with van der Waals surface area (Å²) in [6.07, 6.45) is 2.93. The number of cyclic esters (lactones) is 1. The Labute approximate surface area is 417 Å². The first kappa shape index (κ1) is 51.5. The average Bonchev–Trinajstić information content (AvgIpc) is 4.03. The van der Waals surface area contributed by atoms with Crippen molar-refractivity contribution >= 4 is 40.5 Å². The van der Waals surface area contributed by atoms with Crippen molar-refractivity contribution in [1.82, 2.24) is 40.0 Å². The highest BCUT2D eigenvalue weighted by Crippen LogP contribution is 2.42. The lowest BCUT2D eigenvalue weighted by atomic mass is 9.84. The highest BCUT2D eigenvalue weighted by molar-refractivity contribution is 5.96. The zero-order chi connectivity index (χ0) is 51.1. The van der Waals surface area contributed by atoms with Gasteiger partial charge in [0.25, 0.3) is 5.91 Å². The average molecular weight is 977 g/mol. The van der Waals surface area contributed by atoms with Crippen molar-refractivity contribution in [2.45, 2.75) is 111 Å². The van der Waals surface area contributed by atoms with Crippen molar-refractivity contribution in [3.05, 3.63) is 71.5 Å². The highest BCUT2D eigenvalue weighted by Gasteiger charge is 2.48. The first-order valence-electron chi connectivity index (χ1n) is 25.0. The van der Waals surface area contributed by atoms with E-state index in [1.807, 2.05) is 39.0 Å². The lowest BCUT2D eigenvalue weighted by molar-refractivity contribution is -0.155. The van der Waals surface area contributed by atoms with Gasteiger partial charge in [0.05, 0.1) is 43.9 Å². The molecule has 17 heteroatoms. The number of pyridine rings is 1. The van der Waals surface area contributed by atoms with Gasteiger partial charge in [-0.05, 0) is 97.7 Å². The molecule has 0 saturated carbocycles. The monoisotopic (exact) mass is 977 g/mol. The highest BCUT2D eigenvalue weighted by atomic mass is 16.5. The van der Waals surface area contributed by atoms with E-state index < -0.39 is 47.2 Å². The van der Waals surface area contributed by atoms with Gasteiger partial charge in [-0.25, -0.2) is 5.43 Å². The van der Waals surface area contributed by atoms with E-state index in [2.05, 4.69) is 66.1 Å². The number of benzene rings is 2. The van der Waals surface area contributed by atoms with Gasteiger partial charge in [-0.15, -0.1) is 0 Å². The number of nitrogens with one attached hydrogen (secondary N) is 2. The molecule has 3 saturated heterocycles. The molecule has 6 bridgehead atoms. The predicted molar refractivity (Wildman–Crippen MR) is 269 cm³/mol. The molecule has 0 spiro atoms. The molecule has 6 atom stereocenters.